The molecule has 0 saturated heterocycles. The normalized spacial score (nSPS) is 26.1. The van der Waals surface area contributed by atoms with Crippen molar-refractivity contribution < 1.29 is 0 Å². The standard InChI is InChI=1S/C14H18N2/c1-11-5-4-6-12(9-11)16-10-15-13-7-2-3-8-14(13)16/h2-3,7-8,10-12H,4-6,9H2,1H3. The van der Waals surface area contributed by atoms with E-state index in [4.69, 9.17) is 0 Å². The molecule has 1 saturated carbocycles. The second-order valence-electron chi connectivity index (χ2n) is 5.07. The van der Waals surface area contributed by atoms with E-state index in [1.165, 1.54) is 31.2 Å². The second kappa shape index (κ2) is 3.93. The summed E-state index contributed by atoms with van der Waals surface area (Å²) in [7, 11) is 0. The van der Waals surface area contributed by atoms with Crippen LogP contribution in [0.3, 0.4) is 0 Å². The van der Waals surface area contributed by atoms with Gasteiger partial charge in [0.1, 0.15) is 0 Å². The maximum Gasteiger partial charge on any atom is 0.0960 e. The molecule has 3 rings (SSSR count). The summed E-state index contributed by atoms with van der Waals surface area (Å²) in [6.45, 7) is 2.37. The Kier molecular flexibility index (Phi) is 2.43. The Balaban J connectivity index is 1.99. The molecule has 2 heteroatoms. The number of aromatic nitrogens is 2. The Morgan fingerprint density at radius 2 is 2.12 bits per heavy atom. The van der Waals surface area contributed by atoms with Gasteiger partial charge in [0.05, 0.1) is 17.4 Å². The van der Waals surface area contributed by atoms with Gasteiger partial charge in [0.2, 0.25) is 0 Å². The molecule has 1 heterocycles. The highest BCUT2D eigenvalue weighted by Crippen LogP contribution is 2.33. The number of hydrogen-bond donors (Lipinski definition) is 0. The third-order valence-electron chi connectivity index (χ3n) is 3.78. The van der Waals surface area contributed by atoms with E-state index in [1.807, 2.05) is 6.33 Å². The summed E-state index contributed by atoms with van der Waals surface area (Å²) in [4.78, 5) is 4.48. The zero-order valence-electron chi connectivity index (χ0n) is 9.76. The lowest BCUT2D eigenvalue weighted by atomic mass is 9.87. The fourth-order valence-electron chi connectivity index (χ4n) is 2.92. The number of rotatable bonds is 1. The number of nitrogens with zero attached hydrogens (tertiary/aromatic N) is 2. The Morgan fingerprint density at radius 1 is 1.25 bits per heavy atom. The molecule has 0 amide bonds. The van der Waals surface area contributed by atoms with Crippen molar-refractivity contribution in [2.75, 3.05) is 0 Å². The van der Waals surface area contributed by atoms with Crippen LogP contribution in [0.25, 0.3) is 11.0 Å². The summed E-state index contributed by atoms with van der Waals surface area (Å²) in [6, 6.07) is 9.10. The fourth-order valence-corrected chi connectivity index (χ4v) is 2.92. The van der Waals surface area contributed by atoms with Crippen LogP contribution in [0.4, 0.5) is 0 Å². The van der Waals surface area contributed by atoms with Gasteiger partial charge in [0.15, 0.2) is 0 Å². The summed E-state index contributed by atoms with van der Waals surface area (Å²) in [5.41, 5.74) is 2.42. The smallest absolute Gasteiger partial charge is 0.0960 e. The number of para-hydroxylation sites is 2. The average molecular weight is 214 g/mol. The topological polar surface area (TPSA) is 17.8 Å². The van der Waals surface area contributed by atoms with E-state index in [-0.39, 0.29) is 0 Å². The quantitative estimate of drug-likeness (QED) is 0.706. The minimum absolute atomic E-state index is 0.663. The minimum Gasteiger partial charge on any atom is -0.327 e. The van der Waals surface area contributed by atoms with Gasteiger partial charge in [0, 0.05) is 6.04 Å². The fraction of sp³-hybridized carbons (Fsp3) is 0.500. The van der Waals surface area contributed by atoms with Gasteiger partial charge in [0.25, 0.3) is 0 Å². The first-order chi connectivity index (χ1) is 7.84. The van der Waals surface area contributed by atoms with Gasteiger partial charge in [-0.15, -0.1) is 0 Å². The molecular formula is C14H18N2. The van der Waals surface area contributed by atoms with E-state index >= 15 is 0 Å². The van der Waals surface area contributed by atoms with Crippen LogP contribution in [0.2, 0.25) is 0 Å². The monoisotopic (exact) mass is 214 g/mol. The van der Waals surface area contributed by atoms with Crippen molar-refractivity contribution in [3.63, 3.8) is 0 Å². The number of benzene rings is 1. The predicted molar refractivity (Wildman–Crippen MR) is 66.4 cm³/mol. The van der Waals surface area contributed by atoms with E-state index in [1.54, 1.807) is 0 Å². The van der Waals surface area contributed by atoms with Crippen LogP contribution >= 0.6 is 0 Å². The Bertz CT molecular complexity index is 486. The molecule has 0 radical (unpaired) electrons. The summed E-state index contributed by atoms with van der Waals surface area (Å²) in [5.74, 6) is 0.861. The van der Waals surface area contributed by atoms with Crippen molar-refractivity contribution in [1.82, 2.24) is 9.55 Å². The lowest BCUT2D eigenvalue weighted by molar-refractivity contribution is 0.286. The van der Waals surface area contributed by atoms with Crippen LogP contribution < -0.4 is 0 Å². The molecule has 1 aromatic carbocycles. The maximum absolute atomic E-state index is 4.48. The van der Waals surface area contributed by atoms with Gasteiger partial charge >= 0.3 is 0 Å². The minimum atomic E-state index is 0.663. The van der Waals surface area contributed by atoms with Gasteiger partial charge in [-0.3, -0.25) is 0 Å². The Morgan fingerprint density at radius 3 is 3.00 bits per heavy atom. The molecule has 1 aromatic heterocycles. The molecule has 2 unspecified atom stereocenters. The zero-order chi connectivity index (χ0) is 11.0. The van der Waals surface area contributed by atoms with Gasteiger partial charge in [-0.05, 0) is 30.9 Å². The average Bonchev–Trinajstić information content (AvgIpc) is 2.72. The molecule has 16 heavy (non-hydrogen) atoms. The molecule has 1 aliphatic carbocycles. The largest absolute Gasteiger partial charge is 0.327 e. The first-order valence-corrected chi connectivity index (χ1v) is 6.26. The van der Waals surface area contributed by atoms with E-state index in [0.717, 1.165) is 11.4 Å². The molecule has 2 aromatic rings. The molecule has 1 fully saturated rings. The third-order valence-corrected chi connectivity index (χ3v) is 3.78. The van der Waals surface area contributed by atoms with E-state index in [0.29, 0.717) is 6.04 Å². The summed E-state index contributed by atoms with van der Waals surface area (Å²) in [5, 5.41) is 0. The molecule has 0 N–H and O–H groups in total. The van der Waals surface area contributed by atoms with E-state index < -0.39 is 0 Å². The first kappa shape index (κ1) is 9.88. The van der Waals surface area contributed by atoms with Crippen molar-refractivity contribution in [2.45, 2.75) is 38.6 Å². The molecular weight excluding hydrogens is 196 g/mol. The highest BCUT2D eigenvalue weighted by Gasteiger charge is 2.21. The molecule has 1 aliphatic rings. The number of hydrogen-bond acceptors (Lipinski definition) is 1. The Labute approximate surface area is 96.3 Å². The molecule has 0 bridgehead atoms. The molecule has 0 aliphatic heterocycles. The molecule has 2 nitrogen and oxygen atoms in total. The van der Waals surface area contributed by atoms with Crippen LogP contribution in [0.15, 0.2) is 30.6 Å². The summed E-state index contributed by atoms with van der Waals surface area (Å²) >= 11 is 0. The second-order valence-corrected chi connectivity index (χ2v) is 5.07. The highest BCUT2D eigenvalue weighted by molar-refractivity contribution is 5.75. The van der Waals surface area contributed by atoms with Crippen molar-refractivity contribution in [1.29, 1.82) is 0 Å². The highest BCUT2D eigenvalue weighted by atomic mass is 15.1. The van der Waals surface area contributed by atoms with Gasteiger partial charge in [-0.1, -0.05) is 31.9 Å². The Hall–Kier alpha value is -1.31. The lowest BCUT2D eigenvalue weighted by Crippen LogP contribution is -2.16. The number of fused-ring (bicyclic) bond motifs is 1. The van der Waals surface area contributed by atoms with Crippen LogP contribution in [-0.4, -0.2) is 9.55 Å². The van der Waals surface area contributed by atoms with E-state index in [9.17, 15) is 0 Å². The van der Waals surface area contributed by atoms with Gasteiger partial charge < -0.3 is 4.57 Å². The van der Waals surface area contributed by atoms with Crippen LogP contribution in [0.5, 0.6) is 0 Å². The van der Waals surface area contributed by atoms with Gasteiger partial charge in [-0.2, -0.15) is 0 Å². The SMILES string of the molecule is CC1CCCC(n2cnc3ccccc32)C1. The zero-order valence-corrected chi connectivity index (χ0v) is 9.76. The van der Waals surface area contributed by atoms with Crippen molar-refractivity contribution in [3.8, 4) is 0 Å². The van der Waals surface area contributed by atoms with Crippen LogP contribution in [-0.2, 0) is 0 Å². The lowest BCUT2D eigenvalue weighted by Gasteiger charge is -2.28. The third kappa shape index (κ3) is 1.62. The van der Waals surface area contributed by atoms with Crippen LogP contribution in [0, 0.1) is 5.92 Å². The van der Waals surface area contributed by atoms with Crippen molar-refractivity contribution >= 4 is 11.0 Å². The van der Waals surface area contributed by atoms with Crippen molar-refractivity contribution in [2.24, 2.45) is 5.92 Å². The maximum atomic E-state index is 4.48. The van der Waals surface area contributed by atoms with Gasteiger partial charge in [-0.25, -0.2) is 4.98 Å². The predicted octanol–water partition coefficient (Wildman–Crippen LogP) is 3.79. The molecule has 84 valence electrons. The van der Waals surface area contributed by atoms with Crippen LogP contribution in [0.1, 0.15) is 38.6 Å². The van der Waals surface area contributed by atoms with E-state index in [2.05, 4.69) is 40.7 Å². The molecule has 0 spiro atoms. The number of imidazole rings is 1. The van der Waals surface area contributed by atoms with Crippen molar-refractivity contribution in [3.05, 3.63) is 30.6 Å². The summed E-state index contributed by atoms with van der Waals surface area (Å²) < 4.78 is 2.38. The molecule has 2 atom stereocenters. The summed E-state index contributed by atoms with van der Waals surface area (Å²) in [6.07, 6.45) is 7.39. The first-order valence-electron chi connectivity index (χ1n) is 6.26.